The Morgan fingerprint density at radius 3 is 2.21 bits per heavy atom. The van der Waals surface area contributed by atoms with E-state index in [1.165, 1.54) is 10.6 Å². The Morgan fingerprint density at radius 1 is 1.12 bits per heavy atom. The van der Waals surface area contributed by atoms with Gasteiger partial charge in [-0.3, -0.25) is 4.31 Å². The molecule has 7 nitrogen and oxygen atoms in total. The summed E-state index contributed by atoms with van der Waals surface area (Å²) >= 11 is 0. The molecule has 1 aliphatic rings. The van der Waals surface area contributed by atoms with Crippen LogP contribution in [0, 0.1) is 20.8 Å². The fraction of sp³-hybridized carbons (Fsp3) is 0.480. The number of rotatable bonds is 5. The molecule has 1 atom stereocenters. The van der Waals surface area contributed by atoms with Crippen LogP contribution in [-0.2, 0) is 26.1 Å². The predicted molar refractivity (Wildman–Crippen MR) is 133 cm³/mol. The summed E-state index contributed by atoms with van der Waals surface area (Å²) in [6, 6.07) is 5.89. The van der Waals surface area contributed by atoms with Crippen LogP contribution in [0.5, 0.6) is 0 Å². The van der Waals surface area contributed by atoms with E-state index < -0.39 is 27.7 Å². The average Bonchev–Trinajstić information content (AvgIpc) is 2.66. The third-order valence-corrected chi connectivity index (χ3v) is 7.07. The number of sulfonamides is 1. The lowest BCUT2D eigenvalue weighted by atomic mass is 9.82. The van der Waals surface area contributed by atoms with Gasteiger partial charge in [-0.2, -0.15) is 0 Å². The number of benzene rings is 2. The zero-order valence-electron chi connectivity index (χ0n) is 20.9. The first-order valence-electron chi connectivity index (χ1n) is 10.9. The number of aliphatic carboxylic acids is 1. The first-order chi connectivity index (χ1) is 15.1. The van der Waals surface area contributed by atoms with Gasteiger partial charge in [0.05, 0.1) is 24.1 Å². The minimum Gasteiger partial charge on any atom is -0.479 e. The van der Waals surface area contributed by atoms with Crippen LogP contribution in [-0.4, -0.2) is 45.4 Å². The Hall–Kier alpha value is -2.58. The molecule has 1 unspecified atom stereocenters. The molecule has 0 aliphatic carbocycles. The first-order valence-corrected chi connectivity index (χ1v) is 12.7. The van der Waals surface area contributed by atoms with Crippen LogP contribution in [0.15, 0.2) is 18.2 Å². The van der Waals surface area contributed by atoms with Gasteiger partial charge in [-0.25, -0.2) is 13.2 Å². The molecule has 1 N–H and O–H groups in total. The van der Waals surface area contributed by atoms with Crippen LogP contribution in [0.2, 0.25) is 0 Å². The fourth-order valence-electron chi connectivity index (χ4n) is 4.83. The van der Waals surface area contributed by atoms with Gasteiger partial charge < -0.3 is 14.7 Å². The summed E-state index contributed by atoms with van der Waals surface area (Å²) in [7, 11) is 0.0958. The molecule has 0 aromatic heterocycles. The number of hydrogen-bond acceptors (Lipinski definition) is 5. The molecule has 0 amide bonds. The maximum Gasteiger partial charge on any atom is 0.337 e. The summed E-state index contributed by atoms with van der Waals surface area (Å²) in [5.74, 6) is -1.12. The van der Waals surface area contributed by atoms with Gasteiger partial charge in [0, 0.05) is 30.9 Å². The number of nitrogens with zero attached hydrogens (tertiary/aromatic N) is 2. The Balaban J connectivity index is 2.54. The molecule has 0 radical (unpaired) electrons. The number of hydrogen-bond donors (Lipinski definition) is 1. The molecule has 2 aromatic carbocycles. The predicted octanol–water partition coefficient (Wildman–Crippen LogP) is 4.57. The van der Waals surface area contributed by atoms with Crippen LogP contribution >= 0.6 is 0 Å². The second kappa shape index (κ2) is 8.33. The molecule has 8 heteroatoms. The molecule has 33 heavy (non-hydrogen) atoms. The summed E-state index contributed by atoms with van der Waals surface area (Å²) in [5, 5.41) is 10.2. The van der Waals surface area contributed by atoms with Crippen LogP contribution in [0.1, 0.15) is 54.7 Å². The van der Waals surface area contributed by atoms with Crippen molar-refractivity contribution in [3.8, 4) is 11.1 Å². The number of fused-ring (bicyclic) bond motifs is 3. The van der Waals surface area contributed by atoms with E-state index in [1.807, 2.05) is 51.0 Å². The van der Waals surface area contributed by atoms with E-state index in [-0.39, 0.29) is 6.54 Å². The normalized spacial score (nSPS) is 14.5. The number of anilines is 2. The number of aryl methyl sites for hydroxylation is 1. The summed E-state index contributed by atoms with van der Waals surface area (Å²) in [4.78, 5) is 14.3. The zero-order valence-corrected chi connectivity index (χ0v) is 21.7. The van der Waals surface area contributed by atoms with Gasteiger partial charge in [-0.15, -0.1) is 0 Å². The molecule has 0 bridgehead atoms. The number of ether oxygens (including phenoxy) is 1. The van der Waals surface area contributed by atoms with E-state index >= 15 is 0 Å². The third kappa shape index (κ3) is 4.46. The highest BCUT2D eigenvalue weighted by molar-refractivity contribution is 7.92. The lowest BCUT2D eigenvalue weighted by Gasteiger charge is -2.38. The van der Waals surface area contributed by atoms with Crippen LogP contribution in [0.25, 0.3) is 11.1 Å². The van der Waals surface area contributed by atoms with E-state index in [9.17, 15) is 18.3 Å². The van der Waals surface area contributed by atoms with Crippen molar-refractivity contribution in [2.24, 2.45) is 0 Å². The van der Waals surface area contributed by atoms with Crippen molar-refractivity contribution < 1.29 is 23.1 Å². The Bertz CT molecular complexity index is 1230. The molecule has 0 spiro atoms. The van der Waals surface area contributed by atoms with Gasteiger partial charge in [-0.05, 0) is 69.4 Å². The molecule has 0 saturated carbocycles. The van der Waals surface area contributed by atoms with Gasteiger partial charge in [0.1, 0.15) is 0 Å². The fourth-order valence-corrected chi connectivity index (χ4v) is 5.76. The molecular formula is C25H34N2O5S. The van der Waals surface area contributed by atoms with Gasteiger partial charge in [0.2, 0.25) is 10.0 Å². The zero-order chi connectivity index (χ0) is 25.0. The molecule has 0 fully saturated rings. The van der Waals surface area contributed by atoms with E-state index in [1.54, 1.807) is 27.7 Å². The van der Waals surface area contributed by atoms with Crippen molar-refractivity contribution in [2.75, 3.05) is 29.6 Å². The van der Waals surface area contributed by atoms with Gasteiger partial charge in [0.25, 0.3) is 0 Å². The van der Waals surface area contributed by atoms with Crippen molar-refractivity contribution in [2.45, 2.75) is 59.8 Å². The number of carboxylic acid groups (broad SMARTS) is 1. The highest BCUT2D eigenvalue weighted by Gasteiger charge is 2.38. The molecule has 2 aromatic rings. The summed E-state index contributed by atoms with van der Waals surface area (Å²) in [6.07, 6.45) is -0.0715. The maximum atomic E-state index is 12.9. The standard InChI is InChI=1S/C25H34N2O5S/c1-14-11-10-12-17-13-27(33(9,30)31)22-16(3)20(23(24(28)29)32-25(4,5)6)21(26(7)8)15(2)19(22)18(14)17/h10-12,23H,13H2,1-9H3,(H,28,29). The van der Waals surface area contributed by atoms with E-state index in [2.05, 4.69) is 0 Å². The smallest absolute Gasteiger partial charge is 0.337 e. The third-order valence-electron chi connectivity index (χ3n) is 5.96. The minimum atomic E-state index is -3.63. The average molecular weight is 475 g/mol. The topological polar surface area (TPSA) is 87.2 Å². The molecule has 0 saturated heterocycles. The Labute approximate surface area is 197 Å². The lowest BCUT2D eigenvalue weighted by Crippen LogP contribution is -2.35. The van der Waals surface area contributed by atoms with Crippen LogP contribution in [0.3, 0.4) is 0 Å². The first kappa shape index (κ1) is 25.1. The quantitative estimate of drug-likeness (QED) is 0.683. The monoisotopic (exact) mass is 474 g/mol. The van der Waals surface area contributed by atoms with E-state index in [4.69, 9.17) is 4.74 Å². The SMILES string of the molecule is Cc1cccc2c1-c1c(C)c(N(C)C)c(C(OC(C)(C)C)C(=O)O)c(C)c1N(S(C)(=O)=O)C2. The highest BCUT2D eigenvalue weighted by atomic mass is 32.2. The number of carbonyl (C=O) groups is 1. The molecule has 3 rings (SSSR count). The summed E-state index contributed by atoms with van der Waals surface area (Å²) in [5.41, 5.74) is 6.23. The Kier molecular flexibility index (Phi) is 6.32. The minimum absolute atomic E-state index is 0.196. The number of carboxylic acids is 1. The van der Waals surface area contributed by atoms with Crippen LogP contribution in [0.4, 0.5) is 11.4 Å². The maximum absolute atomic E-state index is 12.9. The Morgan fingerprint density at radius 2 is 1.73 bits per heavy atom. The highest BCUT2D eigenvalue weighted by Crippen LogP contribution is 2.51. The summed E-state index contributed by atoms with van der Waals surface area (Å²) in [6.45, 7) is 11.4. The van der Waals surface area contributed by atoms with Crippen molar-refractivity contribution >= 4 is 27.4 Å². The van der Waals surface area contributed by atoms with Crippen molar-refractivity contribution in [3.63, 3.8) is 0 Å². The second-order valence-corrected chi connectivity index (χ2v) is 11.9. The van der Waals surface area contributed by atoms with Crippen molar-refractivity contribution in [3.05, 3.63) is 46.0 Å². The van der Waals surface area contributed by atoms with E-state index in [0.29, 0.717) is 16.8 Å². The summed E-state index contributed by atoms with van der Waals surface area (Å²) < 4.78 is 33.3. The van der Waals surface area contributed by atoms with Crippen LogP contribution < -0.4 is 9.21 Å². The van der Waals surface area contributed by atoms with Gasteiger partial charge in [-0.1, -0.05) is 18.2 Å². The largest absolute Gasteiger partial charge is 0.479 e. The molecule has 1 aliphatic heterocycles. The second-order valence-electron chi connectivity index (χ2n) is 9.96. The molecule has 1 heterocycles. The van der Waals surface area contributed by atoms with Crippen molar-refractivity contribution in [1.82, 2.24) is 0 Å². The van der Waals surface area contributed by atoms with Gasteiger partial charge in [0.15, 0.2) is 6.10 Å². The molecule has 180 valence electrons. The lowest BCUT2D eigenvalue weighted by molar-refractivity contribution is -0.160. The molecular weight excluding hydrogens is 440 g/mol. The van der Waals surface area contributed by atoms with E-state index in [0.717, 1.165) is 33.5 Å². The van der Waals surface area contributed by atoms with Gasteiger partial charge >= 0.3 is 5.97 Å². The van der Waals surface area contributed by atoms with Crippen molar-refractivity contribution in [1.29, 1.82) is 0 Å².